The van der Waals surface area contributed by atoms with Crippen molar-refractivity contribution in [3.05, 3.63) is 94.3 Å². The van der Waals surface area contributed by atoms with E-state index in [1.165, 1.54) is 5.56 Å². The highest BCUT2D eigenvalue weighted by atomic mass is 16.1. The highest BCUT2D eigenvalue weighted by molar-refractivity contribution is 6.01. The lowest BCUT2D eigenvalue weighted by Gasteiger charge is -2.12. The number of carbonyl (C=O) groups is 1. The summed E-state index contributed by atoms with van der Waals surface area (Å²) in [6, 6.07) is 21.8. The lowest BCUT2D eigenvalue weighted by Crippen LogP contribution is -2.23. The first kappa shape index (κ1) is 19.2. The predicted octanol–water partition coefficient (Wildman–Crippen LogP) is 4.63. The Morgan fingerprint density at radius 2 is 1.75 bits per heavy atom. The molecule has 0 atom stereocenters. The monoisotopic (exact) mass is 369 g/mol. The Hall–Kier alpha value is -3.58. The van der Waals surface area contributed by atoms with Gasteiger partial charge in [0.1, 0.15) is 11.6 Å². The third kappa shape index (κ3) is 4.05. The van der Waals surface area contributed by atoms with Gasteiger partial charge in [0.05, 0.1) is 0 Å². The predicted molar refractivity (Wildman–Crippen MR) is 112 cm³/mol. The Morgan fingerprint density at radius 3 is 2.43 bits per heavy atom. The van der Waals surface area contributed by atoms with Gasteiger partial charge in [0.15, 0.2) is 0 Å². The average molecular weight is 369 g/mol. The zero-order chi connectivity index (χ0) is 20.1. The highest BCUT2D eigenvalue weighted by Crippen LogP contribution is 2.24. The maximum atomic E-state index is 12.5. The summed E-state index contributed by atoms with van der Waals surface area (Å²) in [5.74, 6) is -0.368. The molecule has 4 nitrogen and oxygen atoms in total. The Labute approximate surface area is 165 Å². The van der Waals surface area contributed by atoms with E-state index in [1.54, 1.807) is 6.08 Å². The molecule has 0 fully saturated rings. The number of aryl methyl sites for hydroxylation is 2. The number of benzene rings is 2. The fraction of sp³-hybridized carbons (Fsp3) is 0.167. The quantitative estimate of drug-likeness (QED) is 0.527. The van der Waals surface area contributed by atoms with Gasteiger partial charge in [0, 0.05) is 23.6 Å². The van der Waals surface area contributed by atoms with Crippen molar-refractivity contribution in [2.75, 3.05) is 0 Å². The van der Waals surface area contributed by atoms with Crippen LogP contribution in [0, 0.1) is 32.1 Å². The molecule has 0 radical (unpaired) electrons. The van der Waals surface area contributed by atoms with Gasteiger partial charge in [0.2, 0.25) is 0 Å². The van der Waals surface area contributed by atoms with E-state index in [2.05, 4.69) is 28.9 Å². The lowest BCUT2D eigenvalue weighted by molar-refractivity contribution is -0.117. The summed E-state index contributed by atoms with van der Waals surface area (Å²) in [6.45, 7) is 6.49. The Kier molecular flexibility index (Phi) is 5.76. The van der Waals surface area contributed by atoms with E-state index >= 15 is 0 Å². The van der Waals surface area contributed by atoms with Crippen LogP contribution in [-0.4, -0.2) is 10.5 Å². The van der Waals surface area contributed by atoms with Crippen molar-refractivity contribution in [2.24, 2.45) is 0 Å². The van der Waals surface area contributed by atoms with Crippen molar-refractivity contribution in [3.63, 3.8) is 0 Å². The van der Waals surface area contributed by atoms with Gasteiger partial charge in [-0.2, -0.15) is 5.26 Å². The van der Waals surface area contributed by atoms with Crippen LogP contribution in [0.25, 0.3) is 11.8 Å². The van der Waals surface area contributed by atoms with Crippen molar-refractivity contribution in [1.29, 1.82) is 5.26 Å². The average Bonchev–Trinajstić information content (AvgIpc) is 2.98. The number of para-hydroxylation sites is 1. The van der Waals surface area contributed by atoms with Crippen LogP contribution in [-0.2, 0) is 11.3 Å². The molecule has 0 spiro atoms. The fourth-order valence-corrected chi connectivity index (χ4v) is 3.30. The van der Waals surface area contributed by atoms with Crippen LogP contribution in [0.15, 0.2) is 66.2 Å². The summed E-state index contributed by atoms with van der Waals surface area (Å²) in [5, 5.41) is 12.3. The number of nitrogens with zero attached hydrogens (tertiary/aromatic N) is 2. The van der Waals surface area contributed by atoms with E-state index in [1.807, 2.05) is 68.4 Å². The molecule has 3 aromatic rings. The molecule has 0 saturated heterocycles. The van der Waals surface area contributed by atoms with E-state index in [4.69, 9.17) is 0 Å². The SMILES string of the molecule is Cc1ccccc1-n1c(C)cc(/C=C(/C#N)C(=O)NCc2ccccc2)c1C. The third-order valence-electron chi connectivity index (χ3n) is 4.79. The molecule has 2 aromatic carbocycles. The Morgan fingerprint density at radius 1 is 1.07 bits per heavy atom. The molecular formula is C24H23N3O. The normalized spacial score (nSPS) is 11.1. The first-order valence-electron chi connectivity index (χ1n) is 9.20. The third-order valence-corrected chi connectivity index (χ3v) is 4.79. The minimum absolute atomic E-state index is 0.0981. The van der Waals surface area contributed by atoms with Gasteiger partial charge in [-0.1, -0.05) is 48.5 Å². The van der Waals surface area contributed by atoms with Crippen LogP contribution >= 0.6 is 0 Å². The molecule has 0 saturated carbocycles. The molecule has 0 aliphatic heterocycles. The van der Waals surface area contributed by atoms with Gasteiger partial charge in [-0.05, 0) is 55.7 Å². The number of hydrogen-bond acceptors (Lipinski definition) is 2. The lowest BCUT2D eigenvalue weighted by atomic mass is 10.1. The summed E-state index contributed by atoms with van der Waals surface area (Å²) in [4.78, 5) is 12.5. The number of nitriles is 1. The maximum absolute atomic E-state index is 12.5. The minimum Gasteiger partial charge on any atom is -0.347 e. The maximum Gasteiger partial charge on any atom is 0.262 e. The summed E-state index contributed by atoms with van der Waals surface area (Å²) in [7, 11) is 0. The van der Waals surface area contributed by atoms with Gasteiger partial charge >= 0.3 is 0 Å². The van der Waals surface area contributed by atoms with Gasteiger partial charge in [-0.15, -0.1) is 0 Å². The van der Waals surface area contributed by atoms with Crippen molar-refractivity contribution < 1.29 is 4.79 Å². The van der Waals surface area contributed by atoms with Crippen LogP contribution in [0.4, 0.5) is 0 Å². The molecule has 1 N–H and O–H groups in total. The van der Waals surface area contributed by atoms with E-state index in [-0.39, 0.29) is 11.5 Å². The molecule has 0 aliphatic carbocycles. The number of rotatable bonds is 5. The molecule has 0 unspecified atom stereocenters. The standard InChI is InChI=1S/C24H23N3O/c1-17-9-7-8-12-23(17)27-18(2)13-21(19(27)3)14-22(15-25)24(28)26-16-20-10-5-4-6-11-20/h4-14H,16H2,1-3H3,(H,26,28)/b22-14-. The summed E-state index contributed by atoms with van der Waals surface area (Å²) in [6.07, 6.45) is 1.66. The molecule has 0 aliphatic rings. The second-order valence-electron chi connectivity index (χ2n) is 6.79. The summed E-state index contributed by atoms with van der Waals surface area (Å²) in [5.41, 5.74) is 6.28. The molecule has 1 aromatic heterocycles. The number of nitrogens with one attached hydrogen (secondary N) is 1. The summed E-state index contributed by atoms with van der Waals surface area (Å²) < 4.78 is 2.15. The molecular weight excluding hydrogens is 346 g/mol. The number of amides is 1. The first-order chi connectivity index (χ1) is 13.5. The van der Waals surface area contributed by atoms with Crippen molar-refractivity contribution in [3.8, 4) is 11.8 Å². The van der Waals surface area contributed by atoms with Gasteiger partial charge < -0.3 is 9.88 Å². The number of carbonyl (C=O) groups excluding carboxylic acids is 1. The van der Waals surface area contributed by atoms with E-state index in [0.717, 1.165) is 28.2 Å². The first-order valence-corrected chi connectivity index (χ1v) is 9.20. The topological polar surface area (TPSA) is 57.8 Å². The van der Waals surface area contributed by atoms with E-state index < -0.39 is 0 Å². The largest absolute Gasteiger partial charge is 0.347 e. The zero-order valence-corrected chi connectivity index (χ0v) is 16.4. The van der Waals surface area contributed by atoms with E-state index in [9.17, 15) is 10.1 Å². The second kappa shape index (κ2) is 8.41. The Balaban J connectivity index is 1.87. The fourth-order valence-electron chi connectivity index (χ4n) is 3.30. The van der Waals surface area contributed by atoms with Crippen LogP contribution < -0.4 is 5.32 Å². The molecule has 4 heteroatoms. The molecule has 1 heterocycles. The second-order valence-corrected chi connectivity index (χ2v) is 6.79. The number of aromatic nitrogens is 1. The molecule has 1 amide bonds. The van der Waals surface area contributed by atoms with Crippen molar-refractivity contribution in [2.45, 2.75) is 27.3 Å². The Bertz CT molecular complexity index is 1070. The van der Waals surface area contributed by atoms with E-state index in [0.29, 0.717) is 6.54 Å². The molecule has 140 valence electrons. The zero-order valence-electron chi connectivity index (χ0n) is 16.4. The van der Waals surface area contributed by atoms with Crippen LogP contribution in [0.1, 0.15) is 28.1 Å². The van der Waals surface area contributed by atoms with Crippen LogP contribution in [0.5, 0.6) is 0 Å². The molecule has 28 heavy (non-hydrogen) atoms. The molecule has 0 bridgehead atoms. The van der Waals surface area contributed by atoms with Crippen LogP contribution in [0.2, 0.25) is 0 Å². The smallest absolute Gasteiger partial charge is 0.262 e. The highest BCUT2D eigenvalue weighted by Gasteiger charge is 2.14. The molecule has 3 rings (SSSR count). The summed E-state index contributed by atoms with van der Waals surface area (Å²) >= 11 is 0. The minimum atomic E-state index is -0.368. The van der Waals surface area contributed by atoms with Gasteiger partial charge in [0.25, 0.3) is 5.91 Å². The van der Waals surface area contributed by atoms with Crippen molar-refractivity contribution >= 4 is 12.0 Å². The van der Waals surface area contributed by atoms with Gasteiger partial charge in [-0.3, -0.25) is 4.79 Å². The van der Waals surface area contributed by atoms with Gasteiger partial charge in [-0.25, -0.2) is 0 Å². The van der Waals surface area contributed by atoms with Crippen molar-refractivity contribution in [1.82, 2.24) is 9.88 Å². The number of hydrogen-bond donors (Lipinski definition) is 1. The van der Waals surface area contributed by atoms with Crippen LogP contribution in [0.3, 0.4) is 0 Å².